The summed E-state index contributed by atoms with van der Waals surface area (Å²) < 4.78 is 0. The van der Waals surface area contributed by atoms with Gasteiger partial charge in [0, 0.05) is 45.0 Å². The number of aromatic amines is 2. The van der Waals surface area contributed by atoms with Crippen LogP contribution in [0.5, 0.6) is 0 Å². The molecule has 0 fully saturated rings. The van der Waals surface area contributed by atoms with Crippen molar-refractivity contribution < 1.29 is 0 Å². The molecule has 398 valence electrons. The molecular formula is C72H80N6. The van der Waals surface area contributed by atoms with Crippen LogP contribution in [-0.2, 0) is 32.5 Å². The minimum Gasteiger partial charge on any atom is -0.354 e. The number of nitrogens with one attached hydrogen (secondary N) is 2. The lowest BCUT2D eigenvalue weighted by molar-refractivity contribution is 0.568. The maximum atomic E-state index is 5.82. The van der Waals surface area contributed by atoms with E-state index in [1.54, 1.807) is 0 Å². The third-order valence-corrected chi connectivity index (χ3v) is 15.5. The molecule has 2 aliphatic rings. The van der Waals surface area contributed by atoms with Gasteiger partial charge in [-0.05, 0) is 155 Å². The zero-order valence-electron chi connectivity index (χ0n) is 49.6. The van der Waals surface area contributed by atoms with Crippen LogP contribution in [0.1, 0.15) is 181 Å². The van der Waals surface area contributed by atoms with Crippen molar-refractivity contribution in [3.8, 4) is 56.0 Å². The van der Waals surface area contributed by atoms with Crippen LogP contribution in [-0.4, -0.2) is 29.9 Å². The molecule has 0 saturated carbocycles. The highest BCUT2D eigenvalue weighted by Crippen LogP contribution is 2.44. The predicted molar refractivity (Wildman–Crippen MR) is 334 cm³/mol. The first-order valence-electron chi connectivity index (χ1n) is 27.9. The number of H-pyrrole nitrogens is 2. The van der Waals surface area contributed by atoms with Crippen LogP contribution >= 0.6 is 0 Å². The average Bonchev–Trinajstić information content (AvgIpc) is 4.32. The van der Waals surface area contributed by atoms with Gasteiger partial charge in [-0.15, -0.1) is 0 Å². The van der Waals surface area contributed by atoms with Gasteiger partial charge in [0.05, 0.1) is 45.4 Å². The van der Waals surface area contributed by atoms with Gasteiger partial charge < -0.3 is 9.97 Å². The van der Waals surface area contributed by atoms with Crippen molar-refractivity contribution in [3.63, 3.8) is 0 Å². The Kier molecular flexibility index (Phi) is 13.3. The lowest BCUT2D eigenvalue weighted by Crippen LogP contribution is -2.16. The predicted octanol–water partition coefficient (Wildman–Crippen LogP) is 19.6. The smallest absolute Gasteiger partial charge is 0.0893 e. The summed E-state index contributed by atoms with van der Waals surface area (Å²) in [5.74, 6) is 0. The summed E-state index contributed by atoms with van der Waals surface area (Å²) in [4.78, 5) is 29.8. The number of pyridine rings is 2. The molecule has 0 unspecified atom stereocenters. The number of fused-ring (bicyclic) bond motifs is 8. The van der Waals surface area contributed by atoms with Gasteiger partial charge in [0.2, 0.25) is 0 Å². The summed E-state index contributed by atoms with van der Waals surface area (Å²) in [7, 11) is 0. The summed E-state index contributed by atoms with van der Waals surface area (Å²) in [5, 5.41) is 0. The van der Waals surface area contributed by atoms with Gasteiger partial charge in [-0.25, -0.2) is 15.0 Å². The van der Waals surface area contributed by atoms with Crippen molar-refractivity contribution in [1.29, 1.82) is 0 Å². The third kappa shape index (κ3) is 10.8. The van der Waals surface area contributed by atoms with E-state index in [1.807, 2.05) is 30.5 Å². The topological polar surface area (TPSA) is 83.1 Å². The fraction of sp³-hybridized carbons (Fsp3) is 0.333. The zero-order chi connectivity index (χ0) is 56.1. The molecule has 0 atom stereocenters. The molecule has 0 aliphatic carbocycles. The normalized spacial score (nSPS) is 13.4. The summed E-state index contributed by atoms with van der Waals surface area (Å²) in [5.41, 5.74) is 24.0. The van der Waals surface area contributed by atoms with Gasteiger partial charge in [0.25, 0.3) is 0 Å². The van der Waals surface area contributed by atoms with E-state index in [0.717, 1.165) is 101 Å². The second-order valence-corrected chi connectivity index (χ2v) is 28.0. The molecule has 8 aromatic rings. The Balaban J connectivity index is 1.43. The first-order valence-corrected chi connectivity index (χ1v) is 27.9. The lowest BCUT2D eigenvalue weighted by atomic mass is 9.78. The van der Waals surface area contributed by atoms with Crippen molar-refractivity contribution >= 4 is 46.4 Å². The van der Waals surface area contributed by atoms with Crippen LogP contribution in [0.15, 0.2) is 121 Å². The van der Waals surface area contributed by atoms with Gasteiger partial charge in [-0.1, -0.05) is 191 Å². The Morgan fingerprint density at radius 1 is 0.282 bits per heavy atom. The monoisotopic (exact) mass is 1030 g/mol. The molecule has 8 bridgehead atoms. The Bertz CT molecular complexity index is 3720. The maximum absolute atomic E-state index is 5.82. The number of benzene rings is 3. The fourth-order valence-electron chi connectivity index (χ4n) is 10.5. The Morgan fingerprint density at radius 2 is 0.577 bits per heavy atom. The fourth-order valence-corrected chi connectivity index (χ4v) is 10.5. The summed E-state index contributed by atoms with van der Waals surface area (Å²) in [6.45, 7) is 41.5. The molecule has 0 amide bonds. The van der Waals surface area contributed by atoms with Crippen LogP contribution in [0.4, 0.5) is 0 Å². The highest BCUT2D eigenvalue weighted by atomic mass is 14.8. The first-order chi connectivity index (χ1) is 36.4. The van der Waals surface area contributed by atoms with E-state index in [1.165, 1.54) is 33.4 Å². The molecule has 5 aromatic heterocycles. The van der Waals surface area contributed by atoms with Crippen LogP contribution in [0.2, 0.25) is 0 Å². The van der Waals surface area contributed by atoms with Crippen molar-refractivity contribution in [3.05, 3.63) is 178 Å². The number of hydrogen-bond donors (Lipinski definition) is 2. The Labute approximate surface area is 464 Å². The van der Waals surface area contributed by atoms with Gasteiger partial charge in [-0.3, -0.25) is 4.98 Å². The molecule has 2 N–H and O–H groups in total. The molecule has 3 aromatic carbocycles. The van der Waals surface area contributed by atoms with Gasteiger partial charge >= 0.3 is 0 Å². The van der Waals surface area contributed by atoms with Crippen molar-refractivity contribution in [2.45, 2.75) is 157 Å². The molecule has 78 heavy (non-hydrogen) atoms. The van der Waals surface area contributed by atoms with Crippen molar-refractivity contribution in [2.75, 3.05) is 0 Å². The number of nitrogens with zero attached hydrogens (tertiary/aromatic N) is 4. The maximum Gasteiger partial charge on any atom is 0.0893 e. The second kappa shape index (κ2) is 19.2. The molecule has 6 heteroatoms. The van der Waals surface area contributed by atoms with Crippen LogP contribution in [0, 0.1) is 0 Å². The van der Waals surface area contributed by atoms with E-state index in [9.17, 15) is 0 Å². The van der Waals surface area contributed by atoms with E-state index in [0.29, 0.717) is 0 Å². The van der Waals surface area contributed by atoms with Crippen molar-refractivity contribution in [1.82, 2.24) is 29.9 Å². The number of rotatable bonds is 5. The Morgan fingerprint density at radius 3 is 0.885 bits per heavy atom. The van der Waals surface area contributed by atoms with Crippen LogP contribution < -0.4 is 0 Å². The Hall–Kier alpha value is -7.44. The summed E-state index contributed by atoms with van der Waals surface area (Å²) >= 11 is 0. The van der Waals surface area contributed by atoms with Gasteiger partial charge in [-0.2, -0.15) is 0 Å². The molecule has 7 heterocycles. The minimum atomic E-state index is -0.111. The van der Waals surface area contributed by atoms with E-state index in [2.05, 4.69) is 250 Å². The standard InChI is InChI=1S/C72H80N6/c1-67(2,3)46-34-43(35-47(40-46)68(4,5)6)63-55-25-27-57(75-55)64(44-36-48(69(7,8)9)41-49(37-44)70(10,11)12)59-29-31-61(77-59)66(54-24-21-23-53(74-54)52-22-19-20-33-73-52)62-32-30-60(78-62)65(58-28-26-56(63)76-58)45-38-50(71(13,14)15)42-51(39-45)72(16,17)18/h19-42,75,78H,1-18H3. The first kappa shape index (κ1) is 53.9. The van der Waals surface area contributed by atoms with E-state index in [4.69, 9.17) is 19.9 Å². The average molecular weight is 1030 g/mol. The molecule has 10 rings (SSSR count). The summed E-state index contributed by atoms with van der Waals surface area (Å²) in [6.07, 6.45) is 10.6. The van der Waals surface area contributed by atoms with Crippen molar-refractivity contribution in [2.24, 2.45) is 0 Å². The zero-order valence-corrected chi connectivity index (χ0v) is 49.6. The van der Waals surface area contributed by atoms with Crippen LogP contribution in [0.3, 0.4) is 0 Å². The minimum absolute atomic E-state index is 0.106. The van der Waals surface area contributed by atoms with Crippen LogP contribution in [0.25, 0.3) is 102 Å². The van der Waals surface area contributed by atoms with Gasteiger partial charge in [0.1, 0.15) is 0 Å². The molecule has 6 nitrogen and oxygen atoms in total. The second-order valence-electron chi connectivity index (χ2n) is 28.0. The highest BCUT2D eigenvalue weighted by molar-refractivity contribution is 6.00. The number of aromatic nitrogens is 6. The quantitative estimate of drug-likeness (QED) is 0.180. The lowest BCUT2D eigenvalue weighted by Gasteiger charge is -2.26. The molecule has 0 spiro atoms. The largest absolute Gasteiger partial charge is 0.354 e. The number of hydrogen-bond acceptors (Lipinski definition) is 4. The molecular weight excluding hydrogens is 949 g/mol. The third-order valence-electron chi connectivity index (χ3n) is 15.5. The van der Waals surface area contributed by atoms with E-state index >= 15 is 0 Å². The SMILES string of the molecule is CC(C)(C)c1cc(-c2c3nc(c(-c4cc(C(C)(C)C)cc(C(C)(C)C)c4)c4ccc([nH]4)c(-c4cccc(-c5ccccn5)n4)c4nc(c(-c5cc(C(C)(C)C)cc(C(C)(C)C)c5)c5ccc2[nH]5)C=C4)C=C3)cc(C(C)(C)C)c1. The molecule has 2 aliphatic heterocycles. The van der Waals surface area contributed by atoms with Gasteiger partial charge in [0.15, 0.2) is 0 Å². The van der Waals surface area contributed by atoms with E-state index < -0.39 is 0 Å². The summed E-state index contributed by atoms with van der Waals surface area (Å²) in [6, 6.07) is 42.6. The molecule has 0 radical (unpaired) electrons. The van der Waals surface area contributed by atoms with E-state index in [-0.39, 0.29) is 32.5 Å². The highest BCUT2D eigenvalue weighted by Gasteiger charge is 2.28. The molecule has 0 saturated heterocycles.